The van der Waals surface area contributed by atoms with E-state index in [1.807, 2.05) is 6.07 Å². The lowest BCUT2D eigenvalue weighted by Gasteiger charge is -2.35. The van der Waals surface area contributed by atoms with Crippen molar-refractivity contribution in [3.8, 4) is 22.8 Å². The summed E-state index contributed by atoms with van der Waals surface area (Å²) in [7, 11) is 2.11. The fourth-order valence-electron chi connectivity index (χ4n) is 4.06. The molecule has 1 aliphatic rings. The highest BCUT2D eigenvalue weighted by molar-refractivity contribution is 5.75. The first kappa shape index (κ1) is 16.8. The molecule has 0 N–H and O–H groups in total. The van der Waals surface area contributed by atoms with Crippen molar-refractivity contribution in [2.24, 2.45) is 7.05 Å². The van der Waals surface area contributed by atoms with E-state index in [0.717, 1.165) is 11.5 Å². The molecule has 3 aromatic rings. The Morgan fingerprint density at radius 2 is 1.58 bits per heavy atom. The summed E-state index contributed by atoms with van der Waals surface area (Å²) >= 11 is 0. The molecule has 2 nitrogen and oxygen atoms in total. The van der Waals surface area contributed by atoms with Gasteiger partial charge in [-0.25, -0.2) is 4.57 Å². The zero-order chi connectivity index (χ0) is 18.6. The summed E-state index contributed by atoms with van der Waals surface area (Å²) in [5.41, 5.74) is 8.61. The average Bonchev–Trinajstić information content (AvgIpc) is 2.59. The number of fused-ring (bicyclic) bond motifs is 2. The second-order valence-electron chi connectivity index (χ2n) is 7.99. The number of hydrogen-bond acceptors (Lipinski definition) is 1. The molecule has 1 aliphatic heterocycles. The molecule has 0 atom stereocenters. The zero-order valence-electron chi connectivity index (χ0n) is 16.5. The fourth-order valence-corrected chi connectivity index (χ4v) is 4.06. The minimum absolute atomic E-state index is 0.0923. The van der Waals surface area contributed by atoms with E-state index in [1.54, 1.807) is 0 Å². The van der Waals surface area contributed by atoms with Crippen LogP contribution in [0, 0.1) is 20.8 Å². The molecule has 132 valence electrons. The Morgan fingerprint density at radius 3 is 2.35 bits per heavy atom. The quantitative estimate of drug-likeness (QED) is 0.529. The number of ether oxygens (including phenoxy) is 1. The Bertz CT molecular complexity index is 1030. The zero-order valence-corrected chi connectivity index (χ0v) is 16.5. The highest BCUT2D eigenvalue weighted by Crippen LogP contribution is 2.51. The molecule has 4 rings (SSSR count). The average molecular weight is 344 g/mol. The molecule has 0 amide bonds. The van der Waals surface area contributed by atoms with Gasteiger partial charge in [-0.15, -0.1) is 0 Å². The van der Waals surface area contributed by atoms with Gasteiger partial charge in [0.2, 0.25) is 5.69 Å². The highest BCUT2D eigenvalue weighted by atomic mass is 16.5. The molecule has 26 heavy (non-hydrogen) atoms. The summed E-state index contributed by atoms with van der Waals surface area (Å²) in [5.74, 6) is 1.95. The molecule has 0 unspecified atom stereocenters. The highest BCUT2D eigenvalue weighted by Gasteiger charge is 2.37. The number of rotatable bonds is 1. The fraction of sp³-hybridized carbons (Fsp3) is 0.292. The smallest absolute Gasteiger partial charge is 0.216 e. The largest absolute Gasteiger partial charge is 0.456 e. The lowest BCUT2D eigenvalue weighted by molar-refractivity contribution is -0.660. The first-order chi connectivity index (χ1) is 12.3. The van der Waals surface area contributed by atoms with Crippen LogP contribution in [0.3, 0.4) is 0 Å². The molecule has 0 spiro atoms. The summed E-state index contributed by atoms with van der Waals surface area (Å²) in [4.78, 5) is 0. The van der Waals surface area contributed by atoms with Crippen LogP contribution in [-0.4, -0.2) is 0 Å². The minimum Gasteiger partial charge on any atom is -0.456 e. The van der Waals surface area contributed by atoms with Crippen molar-refractivity contribution in [2.45, 2.75) is 40.0 Å². The number of nitrogens with zero attached hydrogens (tertiary/aromatic N) is 1. The van der Waals surface area contributed by atoms with Crippen LogP contribution < -0.4 is 9.30 Å². The number of hydrogen-bond donors (Lipinski definition) is 0. The molecule has 2 heterocycles. The topological polar surface area (TPSA) is 13.1 Å². The van der Waals surface area contributed by atoms with Crippen LogP contribution in [0.4, 0.5) is 0 Å². The third kappa shape index (κ3) is 2.36. The van der Waals surface area contributed by atoms with Crippen molar-refractivity contribution in [1.29, 1.82) is 0 Å². The monoisotopic (exact) mass is 344 g/mol. The van der Waals surface area contributed by atoms with E-state index in [9.17, 15) is 0 Å². The molecule has 0 saturated heterocycles. The molecule has 0 fully saturated rings. The molecular weight excluding hydrogens is 318 g/mol. The lowest BCUT2D eigenvalue weighted by atomic mass is 9.74. The maximum Gasteiger partial charge on any atom is 0.216 e. The Morgan fingerprint density at radius 1 is 0.846 bits per heavy atom. The first-order valence-corrected chi connectivity index (χ1v) is 9.19. The number of pyridine rings is 1. The predicted octanol–water partition coefficient (Wildman–Crippen LogP) is 5.53. The van der Waals surface area contributed by atoms with E-state index in [4.69, 9.17) is 4.74 Å². The summed E-state index contributed by atoms with van der Waals surface area (Å²) in [6.07, 6.45) is 2.20. The van der Waals surface area contributed by atoms with Crippen molar-refractivity contribution < 1.29 is 9.30 Å². The van der Waals surface area contributed by atoms with Crippen LogP contribution in [0.5, 0.6) is 11.5 Å². The molecule has 0 radical (unpaired) electrons. The van der Waals surface area contributed by atoms with Crippen molar-refractivity contribution in [3.05, 3.63) is 76.5 Å². The van der Waals surface area contributed by atoms with Crippen molar-refractivity contribution in [1.82, 2.24) is 0 Å². The van der Waals surface area contributed by atoms with Crippen molar-refractivity contribution >= 4 is 0 Å². The van der Waals surface area contributed by atoms with Gasteiger partial charge in [-0.05, 0) is 38.0 Å². The van der Waals surface area contributed by atoms with Gasteiger partial charge in [-0.3, -0.25) is 0 Å². The molecule has 2 aromatic carbocycles. The number of aromatic nitrogens is 1. The third-order valence-corrected chi connectivity index (χ3v) is 5.81. The number of para-hydroxylation sites is 1. The first-order valence-electron chi connectivity index (χ1n) is 9.19. The standard InChI is InChI=1S/C24H26NO/c1-15-11-12-19-23(22(15)20-13-16(2)17(3)14-25(20)6)26-21-10-8-7-9-18(21)24(19,4)5/h7-14H,1-6H3/q+1. The van der Waals surface area contributed by atoms with Gasteiger partial charge < -0.3 is 4.74 Å². The second-order valence-corrected chi connectivity index (χ2v) is 7.99. The molecule has 0 saturated carbocycles. The minimum atomic E-state index is -0.0923. The van der Waals surface area contributed by atoms with Gasteiger partial charge in [0.25, 0.3) is 0 Å². The van der Waals surface area contributed by atoms with E-state index in [-0.39, 0.29) is 5.41 Å². The van der Waals surface area contributed by atoms with E-state index in [2.05, 4.69) is 88.8 Å². The Kier molecular flexibility index (Phi) is 3.69. The van der Waals surface area contributed by atoms with E-state index in [1.165, 1.54) is 39.1 Å². The van der Waals surface area contributed by atoms with Gasteiger partial charge in [0, 0.05) is 28.2 Å². The third-order valence-electron chi connectivity index (χ3n) is 5.81. The summed E-state index contributed by atoms with van der Waals surface area (Å²) in [6, 6.07) is 15.1. The normalized spacial score (nSPS) is 14.4. The molecule has 0 bridgehead atoms. The van der Waals surface area contributed by atoms with Crippen molar-refractivity contribution in [3.63, 3.8) is 0 Å². The Balaban J connectivity index is 2.03. The van der Waals surface area contributed by atoms with Crippen LogP contribution in [0.1, 0.15) is 41.7 Å². The van der Waals surface area contributed by atoms with Crippen LogP contribution in [0.25, 0.3) is 11.3 Å². The van der Waals surface area contributed by atoms with E-state index < -0.39 is 0 Å². The summed E-state index contributed by atoms with van der Waals surface area (Å²) in [6.45, 7) is 11.1. The maximum atomic E-state index is 6.49. The van der Waals surface area contributed by atoms with E-state index in [0.29, 0.717) is 0 Å². The van der Waals surface area contributed by atoms with Gasteiger partial charge in [0.05, 0.1) is 5.56 Å². The van der Waals surface area contributed by atoms with Crippen LogP contribution in [-0.2, 0) is 12.5 Å². The summed E-state index contributed by atoms with van der Waals surface area (Å²) in [5, 5.41) is 0. The second kappa shape index (κ2) is 5.70. The van der Waals surface area contributed by atoms with E-state index >= 15 is 0 Å². The Hall–Kier alpha value is -2.61. The Labute approximate surface area is 156 Å². The number of aryl methyl sites for hydroxylation is 4. The molecular formula is C24H26NO+. The SMILES string of the molecule is Cc1cc(-c2c(C)ccc3c2Oc2ccccc2C3(C)C)[n+](C)cc1C. The lowest BCUT2D eigenvalue weighted by Crippen LogP contribution is -2.32. The van der Waals surface area contributed by atoms with Gasteiger partial charge in [-0.1, -0.05) is 44.2 Å². The molecule has 1 aromatic heterocycles. The van der Waals surface area contributed by atoms with Crippen LogP contribution in [0.15, 0.2) is 48.7 Å². The van der Waals surface area contributed by atoms with Crippen molar-refractivity contribution in [2.75, 3.05) is 0 Å². The van der Waals surface area contributed by atoms with Gasteiger partial charge in [-0.2, -0.15) is 0 Å². The summed E-state index contributed by atoms with van der Waals surface area (Å²) < 4.78 is 8.70. The van der Waals surface area contributed by atoms with Gasteiger partial charge >= 0.3 is 0 Å². The van der Waals surface area contributed by atoms with Crippen LogP contribution in [0.2, 0.25) is 0 Å². The van der Waals surface area contributed by atoms with Gasteiger partial charge in [0.15, 0.2) is 6.20 Å². The molecule has 0 aliphatic carbocycles. The predicted molar refractivity (Wildman–Crippen MR) is 106 cm³/mol. The maximum absolute atomic E-state index is 6.49. The van der Waals surface area contributed by atoms with Crippen LogP contribution >= 0.6 is 0 Å². The van der Waals surface area contributed by atoms with Gasteiger partial charge in [0.1, 0.15) is 18.5 Å². The number of benzene rings is 2. The molecule has 2 heteroatoms.